The third-order valence-electron chi connectivity index (χ3n) is 1.49. The largest absolute Gasteiger partial charge is 0.0765 e. The van der Waals surface area contributed by atoms with E-state index >= 15 is 0 Å². The van der Waals surface area contributed by atoms with Crippen molar-refractivity contribution >= 4 is 63.7 Å². The minimum atomic E-state index is 0.450. The van der Waals surface area contributed by atoms with Gasteiger partial charge in [0.25, 0.3) is 0 Å². The van der Waals surface area contributed by atoms with Gasteiger partial charge in [0, 0.05) is 0 Å². The second kappa shape index (κ2) is 8.69. The minimum Gasteiger partial charge on any atom is -0.0765 e. The van der Waals surface area contributed by atoms with Crippen LogP contribution >= 0.6 is 63.7 Å². The standard InChI is InChI=1S/C9H12Br4/c1-7(5-6-9(12)13)3-2-4-8(10)11/h5-6,8H,2-4H2,1H3/b7-5+. The quantitative estimate of drug-likeness (QED) is 0.372. The smallest absolute Gasteiger partial charge is 0.0698 e. The van der Waals surface area contributed by atoms with Crippen LogP contribution in [0.3, 0.4) is 0 Å². The maximum absolute atomic E-state index is 3.46. The first-order valence-electron chi connectivity index (χ1n) is 3.99. The molecule has 0 heterocycles. The van der Waals surface area contributed by atoms with Crippen LogP contribution < -0.4 is 0 Å². The molecular weight excluding hydrogens is 428 g/mol. The predicted molar refractivity (Wildman–Crippen MR) is 75.2 cm³/mol. The zero-order chi connectivity index (χ0) is 10.3. The Labute approximate surface area is 114 Å². The zero-order valence-corrected chi connectivity index (χ0v) is 13.7. The number of rotatable bonds is 5. The Bertz CT molecular complexity index is 190. The first-order valence-corrected chi connectivity index (χ1v) is 7.40. The summed E-state index contributed by atoms with van der Waals surface area (Å²) in [6.07, 6.45) is 7.64. The van der Waals surface area contributed by atoms with Crippen molar-refractivity contribution in [1.82, 2.24) is 0 Å². The SMILES string of the molecule is C/C(=C\C=C(Br)Br)CCCC(Br)Br. The molecule has 0 spiro atoms. The van der Waals surface area contributed by atoms with Crippen molar-refractivity contribution < 1.29 is 0 Å². The molecule has 0 nitrogen and oxygen atoms in total. The Kier molecular flexibility index (Phi) is 9.62. The van der Waals surface area contributed by atoms with Crippen LogP contribution in [0.4, 0.5) is 0 Å². The highest BCUT2D eigenvalue weighted by atomic mass is 79.9. The Hall–Kier alpha value is 1.40. The highest BCUT2D eigenvalue weighted by Gasteiger charge is 1.97. The van der Waals surface area contributed by atoms with E-state index in [2.05, 4.69) is 76.7 Å². The number of alkyl halides is 2. The summed E-state index contributed by atoms with van der Waals surface area (Å²) < 4.78 is 1.43. The normalized spacial score (nSPS) is 12.0. The lowest BCUT2D eigenvalue weighted by molar-refractivity contribution is 0.786. The van der Waals surface area contributed by atoms with Crippen LogP contribution in [-0.4, -0.2) is 3.74 Å². The van der Waals surface area contributed by atoms with Crippen LogP contribution in [0.25, 0.3) is 0 Å². The van der Waals surface area contributed by atoms with Crippen LogP contribution in [0.2, 0.25) is 0 Å². The van der Waals surface area contributed by atoms with Gasteiger partial charge in [0.2, 0.25) is 0 Å². The maximum Gasteiger partial charge on any atom is 0.0698 e. The van der Waals surface area contributed by atoms with E-state index in [1.807, 2.05) is 6.08 Å². The van der Waals surface area contributed by atoms with Crippen molar-refractivity contribution in [3.8, 4) is 0 Å². The number of hydrogen-bond acceptors (Lipinski definition) is 0. The van der Waals surface area contributed by atoms with Crippen molar-refractivity contribution in [3.63, 3.8) is 0 Å². The highest BCUT2D eigenvalue weighted by molar-refractivity contribution is 9.28. The fourth-order valence-electron chi connectivity index (χ4n) is 0.824. The molecule has 0 N–H and O–H groups in total. The molecule has 0 amide bonds. The van der Waals surface area contributed by atoms with Gasteiger partial charge in [-0.25, -0.2) is 0 Å². The number of allylic oxidation sites excluding steroid dienone is 3. The monoisotopic (exact) mass is 436 g/mol. The van der Waals surface area contributed by atoms with E-state index in [9.17, 15) is 0 Å². The average molecular weight is 440 g/mol. The lowest BCUT2D eigenvalue weighted by Gasteiger charge is -2.01. The summed E-state index contributed by atoms with van der Waals surface area (Å²) in [7, 11) is 0. The van der Waals surface area contributed by atoms with E-state index in [0.29, 0.717) is 3.74 Å². The maximum atomic E-state index is 3.46. The van der Waals surface area contributed by atoms with Crippen LogP contribution in [0.15, 0.2) is 21.1 Å². The Morgan fingerprint density at radius 2 is 1.85 bits per heavy atom. The predicted octanol–water partition coefficient (Wildman–Crippen LogP) is 5.85. The van der Waals surface area contributed by atoms with Gasteiger partial charge in [-0.2, -0.15) is 0 Å². The van der Waals surface area contributed by atoms with E-state index < -0.39 is 0 Å². The summed E-state index contributed by atoms with van der Waals surface area (Å²) in [5.74, 6) is 0. The zero-order valence-electron chi connectivity index (χ0n) is 7.37. The summed E-state index contributed by atoms with van der Waals surface area (Å²) in [4.78, 5) is 0. The molecular formula is C9H12Br4. The van der Waals surface area contributed by atoms with Gasteiger partial charge in [-0.1, -0.05) is 43.5 Å². The molecule has 0 radical (unpaired) electrons. The molecule has 0 aromatic carbocycles. The number of hydrogen-bond donors (Lipinski definition) is 0. The van der Waals surface area contributed by atoms with Gasteiger partial charge in [-0.3, -0.25) is 0 Å². The fourth-order valence-corrected chi connectivity index (χ4v) is 1.74. The first-order chi connectivity index (χ1) is 6.02. The van der Waals surface area contributed by atoms with Gasteiger partial charge in [-0.15, -0.1) is 0 Å². The van der Waals surface area contributed by atoms with E-state index in [-0.39, 0.29) is 0 Å². The third kappa shape index (κ3) is 11.3. The molecule has 0 atom stereocenters. The van der Waals surface area contributed by atoms with Crippen molar-refractivity contribution in [2.75, 3.05) is 0 Å². The van der Waals surface area contributed by atoms with Gasteiger partial charge in [0.05, 0.1) is 7.13 Å². The molecule has 0 rings (SSSR count). The summed E-state index contributed by atoms with van der Waals surface area (Å²) >= 11 is 13.5. The number of halogens is 4. The summed E-state index contributed by atoms with van der Waals surface area (Å²) in [6, 6.07) is 0. The van der Waals surface area contributed by atoms with Crippen LogP contribution in [0.5, 0.6) is 0 Å². The summed E-state index contributed by atoms with van der Waals surface area (Å²) in [5.41, 5.74) is 1.40. The Balaban J connectivity index is 3.68. The molecule has 0 aromatic rings. The van der Waals surface area contributed by atoms with Crippen LogP contribution in [-0.2, 0) is 0 Å². The van der Waals surface area contributed by atoms with Gasteiger partial charge < -0.3 is 0 Å². The summed E-state index contributed by atoms with van der Waals surface area (Å²) in [5, 5.41) is 0. The van der Waals surface area contributed by atoms with Crippen LogP contribution in [0, 0.1) is 0 Å². The van der Waals surface area contributed by atoms with E-state index in [0.717, 1.165) is 16.2 Å². The third-order valence-corrected chi connectivity index (χ3v) is 2.93. The van der Waals surface area contributed by atoms with Crippen molar-refractivity contribution in [3.05, 3.63) is 21.1 Å². The first kappa shape index (κ1) is 14.4. The lowest BCUT2D eigenvalue weighted by atomic mass is 10.1. The molecule has 0 unspecified atom stereocenters. The van der Waals surface area contributed by atoms with Crippen molar-refractivity contribution in [1.29, 1.82) is 0 Å². The van der Waals surface area contributed by atoms with Crippen molar-refractivity contribution in [2.24, 2.45) is 0 Å². The van der Waals surface area contributed by atoms with Gasteiger partial charge in [-0.05, 0) is 64.1 Å². The molecule has 0 aliphatic rings. The molecule has 0 saturated heterocycles. The van der Waals surface area contributed by atoms with Gasteiger partial charge in [0.15, 0.2) is 0 Å². The van der Waals surface area contributed by atoms with E-state index in [4.69, 9.17) is 0 Å². The van der Waals surface area contributed by atoms with E-state index in [1.165, 1.54) is 12.0 Å². The molecule has 13 heavy (non-hydrogen) atoms. The average Bonchev–Trinajstić information content (AvgIpc) is 2.00. The highest BCUT2D eigenvalue weighted by Crippen LogP contribution is 2.19. The topological polar surface area (TPSA) is 0 Å². The Morgan fingerprint density at radius 1 is 1.23 bits per heavy atom. The van der Waals surface area contributed by atoms with Gasteiger partial charge >= 0.3 is 0 Å². The molecule has 0 saturated carbocycles. The second-order valence-electron chi connectivity index (χ2n) is 2.75. The molecule has 76 valence electrons. The van der Waals surface area contributed by atoms with Gasteiger partial charge in [0.1, 0.15) is 0 Å². The van der Waals surface area contributed by atoms with Crippen LogP contribution in [0.1, 0.15) is 26.2 Å². The van der Waals surface area contributed by atoms with E-state index in [1.54, 1.807) is 0 Å². The van der Waals surface area contributed by atoms with Crippen molar-refractivity contribution in [2.45, 2.75) is 29.9 Å². The molecule has 0 bridgehead atoms. The molecule has 4 heteroatoms. The molecule has 0 aliphatic carbocycles. The molecule has 0 fully saturated rings. The Morgan fingerprint density at radius 3 is 2.31 bits per heavy atom. The molecule has 0 aliphatic heterocycles. The molecule has 0 aromatic heterocycles. The second-order valence-corrected chi connectivity index (χ2v) is 8.96. The summed E-state index contributed by atoms with van der Waals surface area (Å²) in [6.45, 7) is 2.15. The lowest BCUT2D eigenvalue weighted by Crippen LogP contribution is -1.85. The fraction of sp³-hybridized carbons (Fsp3) is 0.556. The minimum absolute atomic E-state index is 0.450.